The van der Waals surface area contributed by atoms with Crippen LogP contribution in [0.1, 0.15) is 42.7 Å². The summed E-state index contributed by atoms with van der Waals surface area (Å²) in [5, 5.41) is 18.1. The van der Waals surface area contributed by atoms with Gasteiger partial charge in [0.05, 0.1) is 12.1 Å². The van der Waals surface area contributed by atoms with Gasteiger partial charge in [0.25, 0.3) is 0 Å². The average molecular weight is 570 g/mol. The van der Waals surface area contributed by atoms with Crippen molar-refractivity contribution in [1.29, 1.82) is 0 Å². The molecule has 2 fully saturated rings. The van der Waals surface area contributed by atoms with Gasteiger partial charge in [0.2, 0.25) is 0 Å². The zero-order chi connectivity index (χ0) is 27.4. The van der Waals surface area contributed by atoms with E-state index in [9.17, 15) is 24.3 Å². The minimum atomic E-state index is -1.24. The minimum absolute atomic E-state index is 0.0711. The Bertz CT molecular complexity index is 1210. The SMILES string of the molecule is O=C1N[C@H]2[C@H](CS[C@H]2CCCCC(=O)SC[C@H](NC(=O)OCC2c3ccccc3-c3ccccc32)C(=O)O)N1. The molecule has 3 amide bonds. The molecular formula is C28H31N3O6S2. The highest BCUT2D eigenvalue weighted by Gasteiger charge is 2.42. The number of alkyl carbamates (subject to hydrolysis) is 1. The van der Waals surface area contributed by atoms with Gasteiger partial charge in [-0.3, -0.25) is 4.79 Å². The smallest absolute Gasteiger partial charge is 0.407 e. The number of hydrogen-bond donors (Lipinski definition) is 4. The molecule has 2 heterocycles. The zero-order valence-electron chi connectivity index (χ0n) is 21.3. The lowest BCUT2D eigenvalue weighted by molar-refractivity contribution is -0.138. The Morgan fingerprint density at radius 3 is 2.44 bits per heavy atom. The fourth-order valence-electron chi connectivity index (χ4n) is 5.46. The topological polar surface area (TPSA) is 134 Å². The molecule has 0 bridgehead atoms. The van der Waals surface area contributed by atoms with Gasteiger partial charge in [-0.25, -0.2) is 14.4 Å². The highest BCUT2D eigenvalue weighted by atomic mass is 32.2. The van der Waals surface area contributed by atoms with E-state index in [0.29, 0.717) is 18.1 Å². The molecule has 39 heavy (non-hydrogen) atoms. The third-order valence-electron chi connectivity index (χ3n) is 7.40. The molecule has 0 saturated carbocycles. The summed E-state index contributed by atoms with van der Waals surface area (Å²) >= 11 is 2.75. The average Bonchev–Trinajstić information content (AvgIpc) is 3.58. The van der Waals surface area contributed by atoms with Crippen molar-refractivity contribution < 1.29 is 29.0 Å². The number of carbonyl (C=O) groups excluding carboxylic acids is 3. The van der Waals surface area contributed by atoms with Crippen LogP contribution in [-0.2, 0) is 14.3 Å². The number of thioether (sulfide) groups is 2. The molecule has 2 aromatic rings. The van der Waals surface area contributed by atoms with Crippen molar-refractivity contribution >= 4 is 46.7 Å². The Balaban J connectivity index is 1.03. The van der Waals surface area contributed by atoms with Crippen LogP contribution in [0.25, 0.3) is 11.1 Å². The maximum absolute atomic E-state index is 12.5. The van der Waals surface area contributed by atoms with Gasteiger partial charge in [0, 0.05) is 29.1 Å². The van der Waals surface area contributed by atoms with Crippen LogP contribution in [0.2, 0.25) is 0 Å². The molecule has 2 aliphatic heterocycles. The van der Waals surface area contributed by atoms with Crippen LogP contribution >= 0.6 is 23.5 Å². The summed E-state index contributed by atoms with van der Waals surface area (Å²) in [4.78, 5) is 48.1. The number of nitrogens with one attached hydrogen (secondary N) is 3. The van der Waals surface area contributed by atoms with Crippen LogP contribution in [0, 0.1) is 0 Å². The number of urea groups is 1. The summed E-state index contributed by atoms with van der Waals surface area (Å²) in [5.41, 5.74) is 4.35. The molecule has 5 rings (SSSR count). The molecule has 3 aliphatic rings. The van der Waals surface area contributed by atoms with Gasteiger partial charge in [0.15, 0.2) is 5.12 Å². The van der Waals surface area contributed by atoms with Crippen LogP contribution in [0.15, 0.2) is 48.5 Å². The number of carboxylic acid groups (broad SMARTS) is 1. The quantitative estimate of drug-likeness (QED) is 0.236. The number of ether oxygens (including phenoxy) is 1. The predicted octanol–water partition coefficient (Wildman–Crippen LogP) is 3.96. The number of aliphatic carboxylic acids is 1. The second-order valence-electron chi connectivity index (χ2n) is 9.91. The Morgan fingerprint density at radius 2 is 1.74 bits per heavy atom. The summed E-state index contributed by atoms with van der Waals surface area (Å²) in [6.07, 6.45) is 1.96. The van der Waals surface area contributed by atoms with E-state index in [1.807, 2.05) is 60.3 Å². The number of carboxylic acids is 1. The molecular weight excluding hydrogens is 538 g/mol. The largest absolute Gasteiger partial charge is 0.480 e. The third kappa shape index (κ3) is 6.36. The molecule has 2 aromatic carbocycles. The van der Waals surface area contributed by atoms with Crippen molar-refractivity contribution in [3.05, 3.63) is 59.7 Å². The first-order valence-corrected chi connectivity index (χ1v) is 15.1. The van der Waals surface area contributed by atoms with E-state index < -0.39 is 18.1 Å². The fourth-order valence-corrected chi connectivity index (χ4v) is 7.87. The van der Waals surface area contributed by atoms with Crippen molar-refractivity contribution in [3.8, 4) is 11.1 Å². The first kappa shape index (κ1) is 27.4. The van der Waals surface area contributed by atoms with E-state index in [0.717, 1.165) is 52.6 Å². The number of carbonyl (C=O) groups is 4. The predicted molar refractivity (Wildman–Crippen MR) is 151 cm³/mol. The highest BCUT2D eigenvalue weighted by molar-refractivity contribution is 8.13. The van der Waals surface area contributed by atoms with E-state index in [-0.39, 0.29) is 41.5 Å². The number of hydrogen-bond acceptors (Lipinski definition) is 7. The monoisotopic (exact) mass is 569 g/mol. The van der Waals surface area contributed by atoms with Gasteiger partial charge < -0.3 is 25.8 Å². The molecule has 9 nitrogen and oxygen atoms in total. The molecule has 0 aromatic heterocycles. The highest BCUT2D eigenvalue weighted by Crippen LogP contribution is 2.44. The summed E-state index contributed by atoms with van der Waals surface area (Å²) in [6, 6.07) is 14.9. The van der Waals surface area contributed by atoms with Crippen LogP contribution in [0.5, 0.6) is 0 Å². The van der Waals surface area contributed by atoms with Gasteiger partial charge in [-0.15, -0.1) is 0 Å². The van der Waals surface area contributed by atoms with Crippen molar-refractivity contribution in [2.45, 2.75) is 55.0 Å². The molecule has 4 atom stereocenters. The van der Waals surface area contributed by atoms with Gasteiger partial charge in [-0.05, 0) is 35.1 Å². The first-order chi connectivity index (χ1) is 18.9. The van der Waals surface area contributed by atoms with Gasteiger partial charge in [-0.1, -0.05) is 66.7 Å². The lowest BCUT2D eigenvalue weighted by Gasteiger charge is -2.17. The summed E-state index contributed by atoms with van der Waals surface area (Å²) in [6.45, 7) is 0.0822. The van der Waals surface area contributed by atoms with Gasteiger partial charge in [0.1, 0.15) is 12.6 Å². The van der Waals surface area contributed by atoms with Crippen LogP contribution in [-0.4, -0.2) is 69.8 Å². The van der Waals surface area contributed by atoms with E-state index >= 15 is 0 Å². The van der Waals surface area contributed by atoms with E-state index in [2.05, 4.69) is 16.0 Å². The third-order valence-corrected chi connectivity index (χ3v) is 9.94. The summed E-state index contributed by atoms with van der Waals surface area (Å²) in [5.74, 6) is -0.519. The van der Waals surface area contributed by atoms with Gasteiger partial charge >= 0.3 is 18.1 Å². The Morgan fingerprint density at radius 1 is 1.05 bits per heavy atom. The number of unbranched alkanes of at least 4 members (excludes halogenated alkanes) is 1. The van der Waals surface area contributed by atoms with Crippen LogP contribution < -0.4 is 16.0 Å². The number of amides is 3. The summed E-state index contributed by atoms with van der Waals surface area (Å²) in [7, 11) is 0. The van der Waals surface area contributed by atoms with E-state index in [1.165, 1.54) is 0 Å². The maximum Gasteiger partial charge on any atom is 0.407 e. The maximum atomic E-state index is 12.5. The standard InChI is InChI=1S/C28H31N3O6S2/c32-24(12-6-5-11-23-25-21(14-38-23)29-27(35)31-25)39-15-22(26(33)34)30-28(36)37-13-20-18-9-3-1-7-16(18)17-8-2-4-10-19(17)20/h1-4,7-10,20-23,25H,5-6,11-15H2,(H,30,36)(H,33,34)(H2,29,31,35)/t21-,22-,23-,25-/m0/s1. The zero-order valence-corrected chi connectivity index (χ0v) is 22.9. The molecule has 4 N–H and O–H groups in total. The summed E-state index contributed by atoms with van der Waals surface area (Å²) < 4.78 is 5.45. The van der Waals surface area contributed by atoms with Crippen LogP contribution in [0.3, 0.4) is 0 Å². The van der Waals surface area contributed by atoms with E-state index in [4.69, 9.17) is 4.74 Å². The minimum Gasteiger partial charge on any atom is -0.480 e. The molecule has 0 spiro atoms. The van der Waals surface area contributed by atoms with Crippen molar-refractivity contribution in [3.63, 3.8) is 0 Å². The molecule has 0 unspecified atom stereocenters. The molecule has 206 valence electrons. The van der Waals surface area contributed by atoms with Crippen molar-refractivity contribution in [1.82, 2.24) is 16.0 Å². The van der Waals surface area contributed by atoms with Gasteiger partial charge in [-0.2, -0.15) is 11.8 Å². The Kier molecular flexibility index (Phi) is 8.66. The molecule has 2 saturated heterocycles. The second-order valence-corrected chi connectivity index (χ2v) is 12.3. The normalized spacial score (nSPS) is 21.7. The molecule has 11 heteroatoms. The second kappa shape index (κ2) is 12.3. The molecule has 0 radical (unpaired) electrons. The first-order valence-electron chi connectivity index (χ1n) is 13.1. The Labute approximate surface area is 235 Å². The van der Waals surface area contributed by atoms with Crippen molar-refractivity contribution in [2.24, 2.45) is 0 Å². The number of benzene rings is 2. The van der Waals surface area contributed by atoms with Crippen LogP contribution in [0.4, 0.5) is 9.59 Å². The number of rotatable bonds is 11. The lowest BCUT2D eigenvalue weighted by atomic mass is 9.98. The van der Waals surface area contributed by atoms with Crippen molar-refractivity contribution in [2.75, 3.05) is 18.1 Å². The number of fused-ring (bicyclic) bond motifs is 4. The van der Waals surface area contributed by atoms with E-state index in [1.54, 1.807) is 0 Å². The fraction of sp³-hybridized carbons (Fsp3) is 0.429. The Hall–Kier alpha value is -3.18. The molecule has 1 aliphatic carbocycles. The lowest BCUT2D eigenvalue weighted by Crippen LogP contribution is -2.43.